The van der Waals surface area contributed by atoms with Gasteiger partial charge in [0.05, 0.1) is 0 Å². The topological polar surface area (TPSA) is 52.6 Å². The van der Waals surface area contributed by atoms with Crippen molar-refractivity contribution in [2.24, 2.45) is 0 Å². The zero-order chi connectivity index (χ0) is 13.8. The minimum absolute atomic E-state index is 0.208. The number of aliphatic hydroxyl groups excluding tert-OH is 1. The number of nitrogens with one attached hydrogen (secondary N) is 1. The number of urea groups is 1. The summed E-state index contributed by atoms with van der Waals surface area (Å²) in [5, 5.41) is 11.4. The van der Waals surface area contributed by atoms with Crippen LogP contribution in [-0.2, 0) is 0 Å². The Morgan fingerprint density at radius 2 is 2.11 bits per heavy atom. The fraction of sp³-hybridized carbons (Fsp3) is 0.533. The maximum atomic E-state index is 12.2. The smallest absolute Gasteiger partial charge is 0.323 e. The minimum atomic E-state index is -0.327. The Kier molecular flexibility index (Phi) is 4.43. The van der Waals surface area contributed by atoms with Gasteiger partial charge >= 0.3 is 6.03 Å². The molecule has 19 heavy (non-hydrogen) atoms. The predicted molar refractivity (Wildman–Crippen MR) is 76.3 cm³/mol. The molecule has 2 amide bonds. The molecule has 0 saturated heterocycles. The molecule has 0 aromatic heterocycles. The Morgan fingerprint density at radius 3 is 2.63 bits per heavy atom. The number of rotatable bonds is 4. The van der Waals surface area contributed by atoms with E-state index < -0.39 is 0 Å². The number of benzene rings is 1. The van der Waals surface area contributed by atoms with Gasteiger partial charge in [0.2, 0.25) is 0 Å². The van der Waals surface area contributed by atoms with Crippen molar-refractivity contribution in [1.82, 2.24) is 5.32 Å². The monoisotopic (exact) mass is 262 g/mol. The SMILES string of the molecule is CC(C)c1ccccc1N(C(=O)NCO)C1CCC1. The first-order valence-electron chi connectivity index (χ1n) is 6.92. The molecule has 0 radical (unpaired) electrons. The lowest BCUT2D eigenvalue weighted by molar-refractivity contribution is 0.217. The van der Waals surface area contributed by atoms with Crippen LogP contribution in [0.2, 0.25) is 0 Å². The molecule has 1 fully saturated rings. The lowest BCUT2D eigenvalue weighted by Crippen LogP contribution is -2.50. The third-order valence-corrected chi connectivity index (χ3v) is 3.71. The van der Waals surface area contributed by atoms with E-state index in [4.69, 9.17) is 5.11 Å². The molecule has 4 nitrogen and oxygen atoms in total. The van der Waals surface area contributed by atoms with E-state index in [1.165, 1.54) is 5.56 Å². The van der Waals surface area contributed by atoms with Crippen LogP contribution in [0.3, 0.4) is 0 Å². The Balaban J connectivity index is 2.34. The van der Waals surface area contributed by atoms with E-state index in [2.05, 4.69) is 25.2 Å². The van der Waals surface area contributed by atoms with Gasteiger partial charge in [-0.05, 0) is 36.8 Å². The molecule has 2 N–H and O–H groups in total. The number of aliphatic hydroxyl groups is 1. The van der Waals surface area contributed by atoms with Crippen LogP contribution in [0.5, 0.6) is 0 Å². The van der Waals surface area contributed by atoms with E-state index in [1.54, 1.807) is 0 Å². The van der Waals surface area contributed by atoms with E-state index >= 15 is 0 Å². The van der Waals surface area contributed by atoms with Crippen molar-refractivity contribution in [2.75, 3.05) is 11.6 Å². The average Bonchev–Trinajstić information content (AvgIpc) is 2.33. The summed E-state index contributed by atoms with van der Waals surface area (Å²) in [7, 11) is 0. The molecule has 1 saturated carbocycles. The highest BCUT2D eigenvalue weighted by atomic mass is 16.3. The number of amides is 2. The average molecular weight is 262 g/mol. The Hall–Kier alpha value is -1.55. The third kappa shape index (κ3) is 2.89. The summed E-state index contributed by atoms with van der Waals surface area (Å²) >= 11 is 0. The van der Waals surface area contributed by atoms with Gasteiger partial charge in [-0.1, -0.05) is 32.0 Å². The molecule has 1 aromatic rings. The number of anilines is 1. The summed E-state index contributed by atoms with van der Waals surface area (Å²) in [6, 6.07) is 8.07. The van der Waals surface area contributed by atoms with E-state index in [0.717, 1.165) is 24.9 Å². The van der Waals surface area contributed by atoms with Crippen LogP contribution in [0.1, 0.15) is 44.6 Å². The van der Waals surface area contributed by atoms with E-state index in [1.807, 2.05) is 23.1 Å². The summed E-state index contributed by atoms with van der Waals surface area (Å²) in [6.45, 7) is 3.93. The van der Waals surface area contributed by atoms with Gasteiger partial charge in [0.1, 0.15) is 6.73 Å². The second kappa shape index (κ2) is 6.06. The molecule has 104 valence electrons. The first kappa shape index (κ1) is 13.9. The van der Waals surface area contributed by atoms with Gasteiger partial charge in [0.25, 0.3) is 0 Å². The number of carbonyl (C=O) groups is 1. The molecule has 0 bridgehead atoms. The van der Waals surface area contributed by atoms with Crippen LogP contribution in [0.4, 0.5) is 10.5 Å². The van der Waals surface area contributed by atoms with Gasteiger partial charge in [-0.2, -0.15) is 0 Å². The number of nitrogens with zero attached hydrogens (tertiary/aromatic N) is 1. The van der Waals surface area contributed by atoms with Crippen LogP contribution in [0.15, 0.2) is 24.3 Å². The van der Waals surface area contributed by atoms with Crippen molar-refractivity contribution >= 4 is 11.7 Å². The second-order valence-electron chi connectivity index (χ2n) is 5.31. The molecule has 0 aliphatic heterocycles. The van der Waals surface area contributed by atoms with Gasteiger partial charge in [0.15, 0.2) is 0 Å². The van der Waals surface area contributed by atoms with Crippen LogP contribution >= 0.6 is 0 Å². The van der Waals surface area contributed by atoms with Crippen molar-refractivity contribution < 1.29 is 9.90 Å². The molecular weight excluding hydrogens is 240 g/mol. The summed E-state index contributed by atoms with van der Waals surface area (Å²) in [5.74, 6) is 0.362. The maximum Gasteiger partial charge on any atom is 0.323 e. The second-order valence-corrected chi connectivity index (χ2v) is 5.31. The Labute approximate surface area is 114 Å². The molecule has 0 spiro atoms. The first-order valence-corrected chi connectivity index (χ1v) is 6.92. The molecule has 4 heteroatoms. The molecule has 2 rings (SSSR count). The first-order chi connectivity index (χ1) is 9.15. The van der Waals surface area contributed by atoms with Gasteiger partial charge in [-0.15, -0.1) is 0 Å². The van der Waals surface area contributed by atoms with Crippen LogP contribution in [0, 0.1) is 0 Å². The number of hydrogen-bond donors (Lipinski definition) is 2. The molecular formula is C15H22N2O2. The molecule has 0 unspecified atom stereocenters. The number of hydrogen-bond acceptors (Lipinski definition) is 2. The number of para-hydroxylation sites is 1. The highest BCUT2D eigenvalue weighted by Crippen LogP contribution is 2.34. The zero-order valence-corrected chi connectivity index (χ0v) is 11.6. The fourth-order valence-electron chi connectivity index (χ4n) is 2.46. The third-order valence-electron chi connectivity index (χ3n) is 3.71. The van der Waals surface area contributed by atoms with Crippen molar-refractivity contribution in [1.29, 1.82) is 0 Å². The summed E-state index contributed by atoms with van der Waals surface area (Å²) in [5.41, 5.74) is 2.13. The van der Waals surface area contributed by atoms with Gasteiger partial charge in [-0.25, -0.2) is 4.79 Å². The summed E-state index contributed by atoms with van der Waals surface area (Å²) < 4.78 is 0. The molecule has 1 aliphatic carbocycles. The lowest BCUT2D eigenvalue weighted by Gasteiger charge is -2.38. The van der Waals surface area contributed by atoms with E-state index in [9.17, 15) is 4.79 Å². The Bertz CT molecular complexity index is 442. The van der Waals surface area contributed by atoms with E-state index in [0.29, 0.717) is 5.92 Å². The quantitative estimate of drug-likeness (QED) is 0.820. The van der Waals surface area contributed by atoms with Crippen molar-refractivity contribution in [3.63, 3.8) is 0 Å². The lowest BCUT2D eigenvalue weighted by atomic mass is 9.90. The molecule has 0 atom stereocenters. The molecule has 1 aromatic carbocycles. The van der Waals surface area contributed by atoms with E-state index in [-0.39, 0.29) is 18.8 Å². The Morgan fingerprint density at radius 1 is 1.42 bits per heavy atom. The van der Waals surface area contributed by atoms with Crippen molar-refractivity contribution in [2.45, 2.75) is 45.1 Å². The number of carbonyl (C=O) groups excluding carboxylic acids is 1. The maximum absolute atomic E-state index is 12.2. The molecule has 0 heterocycles. The highest BCUT2D eigenvalue weighted by Gasteiger charge is 2.31. The van der Waals surface area contributed by atoms with Gasteiger partial charge in [0, 0.05) is 11.7 Å². The summed E-state index contributed by atoms with van der Waals surface area (Å²) in [6.07, 6.45) is 3.23. The van der Waals surface area contributed by atoms with Gasteiger partial charge in [-0.3, -0.25) is 4.90 Å². The van der Waals surface area contributed by atoms with Gasteiger partial charge < -0.3 is 10.4 Å². The highest BCUT2D eigenvalue weighted by molar-refractivity contribution is 5.93. The standard InChI is InChI=1S/C15H22N2O2/c1-11(2)13-8-3-4-9-14(13)17(12-6-5-7-12)15(19)16-10-18/h3-4,8-9,11-12,18H,5-7,10H2,1-2H3,(H,16,19). The van der Waals surface area contributed by atoms with Crippen molar-refractivity contribution in [3.05, 3.63) is 29.8 Å². The fourth-order valence-corrected chi connectivity index (χ4v) is 2.46. The zero-order valence-electron chi connectivity index (χ0n) is 11.6. The van der Waals surface area contributed by atoms with Crippen LogP contribution in [-0.4, -0.2) is 23.9 Å². The molecule has 1 aliphatic rings. The normalized spacial score (nSPS) is 15.2. The van der Waals surface area contributed by atoms with Crippen molar-refractivity contribution in [3.8, 4) is 0 Å². The largest absolute Gasteiger partial charge is 0.376 e. The van der Waals surface area contributed by atoms with Crippen LogP contribution < -0.4 is 10.2 Å². The van der Waals surface area contributed by atoms with Crippen LogP contribution in [0.25, 0.3) is 0 Å². The summed E-state index contributed by atoms with van der Waals surface area (Å²) in [4.78, 5) is 14.0. The predicted octanol–water partition coefficient (Wildman–Crippen LogP) is 2.83. The minimum Gasteiger partial charge on any atom is -0.376 e.